The fourth-order valence-electron chi connectivity index (χ4n) is 3.46. The second kappa shape index (κ2) is 9.87. The summed E-state index contributed by atoms with van der Waals surface area (Å²) in [4.78, 5) is 17.1. The normalized spacial score (nSPS) is 11.4. The van der Waals surface area contributed by atoms with Crippen molar-refractivity contribution in [1.82, 2.24) is 4.98 Å². The van der Waals surface area contributed by atoms with Gasteiger partial charge in [-0.1, -0.05) is 53.7 Å². The molecule has 4 aromatic rings. The Kier molecular flexibility index (Phi) is 6.90. The van der Waals surface area contributed by atoms with E-state index in [-0.39, 0.29) is 32.6 Å². The van der Waals surface area contributed by atoms with E-state index in [2.05, 4.69) is 10.3 Å². The molecular weight excluding hydrogens is 468 g/mol. The highest BCUT2D eigenvalue weighted by Gasteiger charge is 2.29. The van der Waals surface area contributed by atoms with Gasteiger partial charge in [0.05, 0.1) is 10.6 Å². The van der Waals surface area contributed by atoms with Crippen LogP contribution in [-0.2, 0) is 14.6 Å². The van der Waals surface area contributed by atoms with Crippen molar-refractivity contribution in [2.45, 2.75) is 35.8 Å². The molecule has 0 unspecified atom stereocenters. The molecule has 6 nitrogen and oxygen atoms in total. The van der Waals surface area contributed by atoms with Gasteiger partial charge < -0.3 is 9.73 Å². The maximum atomic E-state index is 13.3. The number of aromatic nitrogens is 1. The van der Waals surface area contributed by atoms with Gasteiger partial charge in [-0.15, -0.1) is 0 Å². The summed E-state index contributed by atoms with van der Waals surface area (Å²) < 4.78 is 32.5. The van der Waals surface area contributed by atoms with Gasteiger partial charge in [0.2, 0.25) is 31.8 Å². The SMILES string of the molecule is Cc1ccc(-c2nc(S(=O)(=O)c3ccccc3)c(SCC(=O)Nc3cc(C)cc(C)c3)o2)cc1. The Morgan fingerprint density at radius 3 is 2.21 bits per heavy atom. The monoisotopic (exact) mass is 492 g/mol. The van der Waals surface area contributed by atoms with Gasteiger partial charge in [0.1, 0.15) is 0 Å². The van der Waals surface area contributed by atoms with Crippen molar-refractivity contribution in [2.75, 3.05) is 11.1 Å². The number of amides is 1. The molecule has 0 spiro atoms. The summed E-state index contributed by atoms with van der Waals surface area (Å²) in [5.74, 6) is -0.120. The summed E-state index contributed by atoms with van der Waals surface area (Å²) in [5.41, 5.74) is 4.49. The summed E-state index contributed by atoms with van der Waals surface area (Å²) in [6, 6.07) is 21.3. The van der Waals surface area contributed by atoms with E-state index in [1.165, 1.54) is 12.1 Å². The lowest BCUT2D eigenvalue weighted by atomic mass is 10.1. The number of nitrogens with one attached hydrogen (secondary N) is 1. The van der Waals surface area contributed by atoms with Crippen LogP contribution in [0.15, 0.2) is 92.2 Å². The molecule has 1 aromatic heterocycles. The molecule has 0 aliphatic rings. The number of carbonyl (C=O) groups excluding carboxylic acids is 1. The molecule has 0 bridgehead atoms. The van der Waals surface area contributed by atoms with E-state index in [1.807, 2.05) is 63.2 Å². The third-order valence-corrected chi connectivity index (χ3v) is 7.77. The number of sulfone groups is 1. The Morgan fingerprint density at radius 2 is 1.56 bits per heavy atom. The largest absolute Gasteiger partial charge is 0.428 e. The number of hydrogen-bond acceptors (Lipinski definition) is 6. The molecule has 1 N–H and O–H groups in total. The van der Waals surface area contributed by atoms with Gasteiger partial charge in [0.25, 0.3) is 0 Å². The predicted octanol–water partition coefficient (Wildman–Crippen LogP) is 5.83. The molecule has 4 rings (SSSR count). The minimum Gasteiger partial charge on any atom is -0.428 e. The quantitative estimate of drug-likeness (QED) is 0.327. The van der Waals surface area contributed by atoms with Crippen molar-refractivity contribution in [2.24, 2.45) is 0 Å². The van der Waals surface area contributed by atoms with Gasteiger partial charge in [-0.05, 0) is 68.3 Å². The molecule has 174 valence electrons. The van der Waals surface area contributed by atoms with E-state index in [1.54, 1.807) is 18.2 Å². The highest BCUT2D eigenvalue weighted by atomic mass is 32.2. The van der Waals surface area contributed by atoms with Gasteiger partial charge in [0, 0.05) is 11.3 Å². The number of hydrogen-bond donors (Lipinski definition) is 1. The smallest absolute Gasteiger partial charge is 0.234 e. The first-order valence-corrected chi connectivity index (χ1v) is 13.1. The van der Waals surface area contributed by atoms with E-state index < -0.39 is 9.84 Å². The van der Waals surface area contributed by atoms with Crippen molar-refractivity contribution in [1.29, 1.82) is 0 Å². The van der Waals surface area contributed by atoms with Crippen molar-refractivity contribution in [3.05, 3.63) is 89.5 Å². The number of carbonyl (C=O) groups is 1. The average molecular weight is 493 g/mol. The Morgan fingerprint density at radius 1 is 0.912 bits per heavy atom. The van der Waals surface area contributed by atoms with Gasteiger partial charge in [0.15, 0.2) is 0 Å². The molecule has 0 aliphatic carbocycles. The van der Waals surface area contributed by atoms with Crippen LogP contribution in [0.4, 0.5) is 5.69 Å². The summed E-state index contributed by atoms with van der Waals surface area (Å²) in [5, 5.41) is 2.74. The van der Waals surface area contributed by atoms with Crippen LogP contribution in [0, 0.1) is 20.8 Å². The first-order chi connectivity index (χ1) is 16.2. The van der Waals surface area contributed by atoms with Gasteiger partial charge in [-0.2, -0.15) is 4.98 Å². The van der Waals surface area contributed by atoms with Crippen molar-refractivity contribution < 1.29 is 17.6 Å². The first-order valence-electron chi connectivity index (χ1n) is 10.6. The summed E-state index contributed by atoms with van der Waals surface area (Å²) >= 11 is 1.00. The Bertz CT molecular complexity index is 1410. The van der Waals surface area contributed by atoms with Gasteiger partial charge >= 0.3 is 0 Å². The molecule has 1 heterocycles. The van der Waals surface area contributed by atoms with Gasteiger partial charge in [-0.25, -0.2) is 8.42 Å². The van der Waals surface area contributed by atoms with Crippen molar-refractivity contribution in [3.63, 3.8) is 0 Å². The first kappa shape index (κ1) is 23.8. The van der Waals surface area contributed by atoms with Crippen LogP contribution in [-0.4, -0.2) is 25.1 Å². The molecule has 0 saturated carbocycles. The molecule has 0 aliphatic heterocycles. The summed E-state index contributed by atoms with van der Waals surface area (Å²) in [7, 11) is -3.94. The van der Waals surface area contributed by atoms with Crippen molar-refractivity contribution in [3.8, 4) is 11.5 Å². The number of benzene rings is 3. The number of oxazole rings is 1. The average Bonchev–Trinajstić information content (AvgIpc) is 3.23. The Balaban J connectivity index is 1.63. The van der Waals surface area contributed by atoms with Crippen LogP contribution in [0.3, 0.4) is 0 Å². The molecule has 0 fully saturated rings. The van der Waals surface area contributed by atoms with E-state index in [0.29, 0.717) is 11.3 Å². The maximum Gasteiger partial charge on any atom is 0.234 e. The molecule has 8 heteroatoms. The zero-order valence-corrected chi connectivity index (χ0v) is 20.7. The second-order valence-corrected chi connectivity index (χ2v) is 10.8. The van der Waals surface area contributed by atoms with Crippen LogP contribution in [0.2, 0.25) is 0 Å². The summed E-state index contributed by atoms with van der Waals surface area (Å²) in [6.07, 6.45) is 0. The number of rotatable bonds is 7. The molecular formula is C26H24N2O4S2. The molecule has 0 saturated heterocycles. The van der Waals surface area contributed by atoms with Gasteiger partial charge in [-0.3, -0.25) is 4.79 Å². The lowest BCUT2D eigenvalue weighted by Crippen LogP contribution is -2.14. The van der Waals surface area contributed by atoms with Crippen LogP contribution in [0.5, 0.6) is 0 Å². The van der Waals surface area contributed by atoms with E-state index in [0.717, 1.165) is 28.5 Å². The maximum absolute atomic E-state index is 13.3. The Labute approximate surface area is 203 Å². The third kappa shape index (κ3) is 5.40. The highest BCUT2D eigenvalue weighted by molar-refractivity contribution is 8.00. The van der Waals surface area contributed by atoms with E-state index in [9.17, 15) is 13.2 Å². The van der Waals surface area contributed by atoms with E-state index >= 15 is 0 Å². The van der Waals surface area contributed by atoms with Crippen LogP contribution in [0.1, 0.15) is 16.7 Å². The lowest BCUT2D eigenvalue weighted by Gasteiger charge is -2.07. The fourth-order valence-corrected chi connectivity index (χ4v) is 5.81. The zero-order chi connectivity index (χ0) is 24.3. The second-order valence-electron chi connectivity index (χ2n) is 8.01. The minimum absolute atomic E-state index is 0.0349. The Hall–Kier alpha value is -3.36. The molecule has 3 aromatic carbocycles. The lowest BCUT2D eigenvalue weighted by molar-refractivity contribution is -0.113. The third-order valence-electron chi connectivity index (χ3n) is 5.01. The number of anilines is 1. The fraction of sp³-hybridized carbons (Fsp3) is 0.154. The molecule has 0 atom stereocenters. The molecule has 34 heavy (non-hydrogen) atoms. The van der Waals surface area contributed by atoms with Crippen LogP contribution >= 0.6 is 11.8 Å². The zero-order valence-electron chi connectivity index (χ0n) is 19.0. The van der Waals surface area contributed by atoms with Crippen molar-refractivity contribution >= 4 is 33.2 Å². The number of nitrogens with zero attached hydrogens (tertiary/aromatic N) is 1. The number of thioether (sulfide) groups is 1. The predicted molar refractivity (Wildman–Crippen MR) is 134 cm³/mol. The summed E-state index contributed by atoms with van der Waals surface area (Å²) in [6.45, 7) is 5.87. The highest BCUT2D eigenvalue weighted by Crippen LogP contribution is 2.35. The molecule has 1 amide bonds. The standard InChI is InChI=1S/C26H24N2O4S2/c1-17-9-11-20(12-10-17)24-28-25(34(30,31)22-7-5-4-6-8-22)26(32-24)33-16-23(29)27-21-14-18(2)13-19(3)15-21/h4-15H,16H2,1-3H3,(H,27,29). The van der Waals surface area contributed by atoms with E-state index in [4.69, 9.17) is 4.42 Å². The van der Waals surface area contributed by atoms with Crippen LogP contribution in [0.25, 0.3) is 11.5 Å². The minimum atomic E-state index is -3.94. The van der Waals surface area contributed by atoms with Crippen LogP contribution < -0.4 is 5.32 Å². The molecule has 0 radical (unpaired) electrons. The topological polar surface area (TPSA) is 89.3 Å². The number of aryl methyl sites for hydroxylation is 3.